The van der Waals surface area contributed by atoms with Gasteiger partial charge in [0, 0.05) is 5.56 Å². The highest BCUT2D eigenvalue weighted by Crippen LogP contribution is 2.28. The number of ether oxygens (including phenoxy) is 1. The van der Waals surface area contributed by atoms with Crippen LogP contribution < -0.4 is 15.8 Å². The lowest BCUT2D eigenvalue weighted by Gasteiger charge is -2.11. The zero-order valence-corrected chi connectivity index (χ0v) is 14.2. The van der Waals surface area contributed by atoms with Gasteiger partial charge in [0.15, 0.2) is 0 Å². The fourth-order valence-electron chi connectivity index (χ4n) is 2.52. The van der Waals surface area contributed by atoms with Crippen LogP contribution in [0.25, 0.3) is 11.1 Å². The number of nitrogen functional groups attached to an aromatic ring is 1. The van der Waals surface area contributed by atoms with Gasteiger partial charge in [0.2, 0.25) is 0 Å². The molecule has 0 bridgehead atoms. The Bertz CT molecular complexity index is 972. The second-order valence-corrected chi connectivity index (χ2v) is 5.67. The smallest absolute Gasteiger partial charge is 0.255 e. The van der Waals surface area contributed by atoms with Crippen molar-refractivity contribution in [2.24, 2.45) is 0 Å². The molecule has 0 atom stereocenters. The summed E-state index contributed by atoms with van der Waals surface area (Å²) in [5, 5.41) is 11.7. The van der Waals surface area contributed by atoms with Gasteiger partial charge in [-0.2, -0.15) is 5.26 Å². The molecule has 5 nitrogen and oxygen atoms in total. The van der Waals surface area contributed by atoms with Crippen LogP contribution in [0.4, 0.5) is 11.4 Å². The minimum atomic E-state index is -0.253. The summed E-state index contributed by atoms with van der Waals surface area (Å²) in [6, 6.07) is 21.6. The van der Waals surface area contributed by atoms with E-state index in [1.807, 2.05) is 24.3 Å². The molecule has 0 aliphatic rings. The number of carbonyl (C=O) groups excluding carboxylic acids is 1. The van der Waals surface area contributed by atoms with E-state index in [0.29, 0.717) is 28.3 Å². The summed E-state index contributed by atoms with van der Waals surface area (Å²) in [6.07, 6.45) is 0. The van der Waals surface area contributed by atoms with Crippen molar-refractivity contribution in [3.8, 4) is 22.9 Å². The van der Waals surface area contributed by atoms with Crippen LogP contribution in [0.5, 0.6) is 5.75 Å². The molecular formula is C21H17N3O2. The fourth-order valence-corrected chi connectivity index (χ4v) is 2.52. The standard InChI is InChI=1S/C21H17N3O2/c1-26-18-9-6-16(7-10-18)21(25)24-20-12-17(8-11-19(20)23)15-4-2-14(13-22)3-5-15/h2-12H,23H2,1H3,(H,24,25). The zero-order valence-electron chi connectivity index (χ0n) is 14.2. The fraction of sp³-hybridized carbons (Fsp3) is 0.0476. The maximum absolute atomic E-state index is 12.5. The van der Waals surface area contributed by atoms with Crippen LogP contribution in [0.2, 0.25) is 0 Å². The van der Waals surface area contributed by atoms with Crippen LogP contribution in [0.1, 0.15) is 15.9 Å². The van der Waals surface area contributed by atoms with Crippen molar-refractivity contribution >= 4 is 17.3 Å². The monoisotopic (exact) mass is 343 g/mol. The number of nitrogens with zero attached hydrogens (tertiary/aromatic N) is 1. The van der Waals surface area contributed by atoms with Crippen LogP contribution >= 0.6 is 0 Å². The Hall–Kier alpha value is -3.78. The largest absolute Gasteiger partial charge is 0.497 e. The van der Waals surface area contributed by atoms with Crippen LogP contribution in [0.3, 0.4) is 0 Å². The lowest BCUT2D eigenvalue weighted by molar-refractivity contribution is 0.102. The van der Waals surface area contributed by atoms with Crippen LogP contribution in [0, 0.1) is 11.3 Å². The topological polar surface area (TPSA) is 88.1 Å². The third-order valence-electron chi connectivity index (χ3n) is 4.00. The second-order valence-electron chi connectivity index (χ2n) is 5.67. The number of hydrogen-bond acceptors (Lipinski definition) is 4. The average Bonchev–Trinajstić information content (AvgIpc) is 2.69. The number of nitrogens with two attached hydrogens (primary N) is 1. The Morgan fingerprint density at radius 2 is 1.65 bits per heavy atom. The Kier molecular flexibility index (Phi) is 4.86. The third kappa shape index (κ3) is 3.65. The molecule has 0 heterocycles. The van der Waals surface area contributed by atoms with Crippen molar-refractivity contribution in [1.82, 2.24) is 0 Å². The predicted octanol–water partition coefficient (Wildman–Crippen LogP) is 4.07. The van der Waals surface area contributed by atoms with E-state index in [1.54, 1.807) is 49.6 Å². The highest BCUT2D eigenvalue weighted by atomic mass is 16.5. The lowest BCUT2D eigenvalue weighted by Crippen LogP contribution is -2.13. The molecule has 0 radical (unpaired) electrons. The normalized spacial score (nSPS) is 10.0. The average molecular weight is 343 g/mol. The first-order chi connectivity index (χ1) is 12.6. The van der Waals surface area contributed by atoms with Crippen molar-refractivity contribution in [3.63, 3.8) is 0 Å². The first-order valence-corrected chi connectivity index (χ1v) is 7.96. The molecule has 0 spiro atoms. The number of carbonyl (C=O) groups is 1. The summed E-state index contributed by atoms with van der Waals surface area (Å²) in [6.45, 7) is 0. The summed E-state index contributed by atoms with van der Waals surface area (Å²) in [7, 11) is 1.57. The van der Waals surface area contributed by atoms with Crippen molar-refractivity contribution in [2.45, 2.75) is 0 Å². The number of methoxy groups -OCH3 is 1. The molecule has 128 valence electrons. The van der Waals surface area contributed by atoms with Gasteiger partial charge in [0.05, 0.1) is 30.1 Å². The molecule has 3 rings (SSSR count). The van der Waals surface area contributed by atoms with E-state index in [1.165, 1.54) is 0 Å². The number of benzene rings is 3. The van der Waals surface area contributed by atoms with E-state index in [4.69, 9.17) is 15.7 Å². The first kappa shape index (κ1) is 17.1. The van der Waals surface area contributed by atoms with Gasteiger partial charge in [-0.05, 0) is 59.7 Å². The molecule has 3 N–H and O–H groups in total. The maximum Gasteiger partial charge on any atom is 0.255 e. The molecule has 0 aliphatic carbocycles. The molecule has 0 unspecified atom stereocenters. The quantitative estimate of drug-likeness (QED) is 0.699. The Morgan fingerprint density at radius 3 is 2.27 bits per heavy atom. The Morgan fingerprint density at radius 1 is 1.00 bits per heavy atom. The van der Waals surface area contributed by atoms with Crippen LogP contribution in [-0.4, -0.2) is 13.0 Å². The SMILES string of the molecule is COc1ccc(C(=O)Nc2cc(-c3ccc(C#N)cc3)ccc2N)cc1. The van der Waals surface area contributed by atoms with Gasteiger partial charge >= 0.3 is 0 Å². The Labute approximate surface area is 151 Å². The molecule has 0 saturated carbocycles. The number of nitrogens with one attached hydrogen (secondary N) is 1. The lowest BCUT2D eigenvalue weighted by atomic mass is 10.0. The van der Waals surface area contributed by atoms with Crippen LogP contribution in [0.15, 0.2) is 66.7 Å². The van der Waals surface area contributed by atoms with E-state index in [-0.39, 0.29) is 5.91 Å². The molecule has 3 aromatic rings. The van der Waals surface area contributed by atoms with Crippen molar-refractivity contribution in [3.05, 3.63) is 77.9 Å². The number of rotatable bonds is 4. The van der Waals surface area contributed by atoms with E-state index in [0.717, 1.165) is 11.1 Å². The van der Waals surface area contributed by atoms with Crippen molar-refractivity contribution in [2.75, 3.05) is 18.2 Å². The molecular weight excluding hydrogens is 326 g/mol. The molecule has 0 aromatic heterocycles. The second kappa shape index (κ2) is 7.41. The van der Waals surface area contributed by atoms with Crippen molar-refractivity contribution < 1.29 is 9.53 Å². The maximum atomic E-state index is 12.5. The molecule has 0 saturated heterocycles. The summed E-state index contributed by atoms with van der Waals surface area (Å²) in [5.74, 6) is 0.431. The van der Waals surface area contributed by atoms with E-state index < -0.39 is 0 Å². The summed E-state index contributed by atoms with van der Waals surface area (Å²) in [5.41, 5.74) is 9.95. The van der Waals surface area contributed by atoms with E-state index >= 15 is 0 Å². The molecule has 0 fully saturated rings. The minimum Gasteiger partial charge on any atom is -0.497 e. The molecule has 5 heteroatoms. The summed E-state index contributed by atoms with van der Waals surface area (Å²) in [4.78, 5) is 12.5. The van der Waals surface area contributed by atoms with Crippen LogP contribution in [-0.2, 0) is 0 Å². The molecule has 0 aliphatic heterocycles. The third-order valence-corrected chi connectivity index (χ3v) is 4.00. The highest BCUT2D eigenvalue weighted by Gasteiger charge is 2.10. The molecule has 1 amide bonds. The number of amides is 1. The van der Waals surface area contributed by atoms with E-state index in [9.17, 15) is 4.79 Å². The highest BCUT2D eigenvalue weighted by molar-refractivity contribution is 6.06. The van der Waals surface area contributed by atoms with Gasteiger partial charge in [-0.15, -0.1) is 0 Å². The van der Waals surface area contributed by atoms with Gasteiger partial charge < -0.3 is 15.8 Å². The summed E-state index contributed by atoms with van der Waals surface area (Å²) >= 11 is 0. The zero-order chi connectivity index (χ0) is 18.5. The number of hydrogen-bond donors (Lipinski definition) is 2. The number of anilines is 2. The first-order valence-electron chi connectivity index (χ1n) is 7.96. The minimum absolute atomic E-state index is 0.253. The number of nitriles is 1. The van der Waals surface area contributed by atoms with Gasteiger partial charge in [0.1, 0.15) is 5.75 Å². The van der Waals surface area contributed by atoms with Gasteiger partial charge in [0.25, 0.3) is 5.91 Å². The van der Waals surface area contributed by atoms with Gasteiger partial charge in [-0.25, -0.2) is 0 Å². The van der Waals surface area contributed by atoms with Gasteiger partial charge in [-0.1, -0.05) is 18.2 Å². The summed E-state index contributed by atoms with van der Waals surface area (Å²) < 4.78 is 5.10. The van der Waals surface area contributed by atoms with Gasteiger partial charge in [-0.3, -0.25) is 4.79 Å². The molecule has 26 heavy (non-hydrogen) atoms. The van der Waals surface area contributed by atoms with Crippen molar-refractivity contribution in [1.29, 1.82) is 5.26 Å². The van der Waals surface area contributed by atoms with E-state index in [2.05, 4.69) is 11.4 Å². The Balaban J connectivity index is 1.85. The predicted molar refractivity (Wildman–Crippen MR) is 102 cm³/mol. The molecule has 3 aromatic carbocycles.